The van der Waals surface area contributed by atoms with E-state index >= 15 is 0 Å². The summed E-state index contributed by atoms with van der Waals surface area (Å²) in [7, 11) is 0. The molecular weight excluding hydrogens is 247 g/mol. The van der Waals surface area contributed by atoms with E-state index in [2.05, 4.69) is 25.7 Å². The molecule has 1 rings (SSSR count). The van der Waals surface area contributed by atoms with Gasteiger partial charge in [0.1, 0.15) is 0 Å². The molecule has 0 aliphatic rings. The standard InChI is InChI=1S/C8H7BrO3.Na.H/c1-6(10)11-12-8-4-2-7(9)3-5-8;;/h2-5H,1H3;;. The van der Waals surface area contributed by atoms with Gasteiger partial charge in [-0.2, -0.15) is 0 Å². The molecule has 0 fully saturated rings. The van der Waals surface area contributed by atoms with Crippen molar-refractivity contribution in [1.29, 1.82) is 0 Å². The third-order valence-corrected chi connectivity index (χ3v) is 1.60. The Labute approximate surface area is 107 Å². The average molecular weight is 255 g/mol. The Morgan fingerprint density at radius 1 is 1.31 bits per heavy atom. The quantitative estimate of drug-likeness (QED) is 0.458. The predicted octanol–water partition coefficient (Wildman–Crippen LogP) is 1.66. The number of benzene rings is 1. The zero-order chi connectivity index (χ0) is 8.97. The van der Waals surface area contributed by atoms with Crippen molar-refractivity contribution in [3.8, 4) is 5.75 Å². The van der Waals surface area contributed by atoms with E-state index in [9.17, 15) is 4.79 Å². The van der Waals surface area contributed by atoms with Crippen LogP contribution in [0, 0.1) is 0 Å². The molecule has 66 valence electrons. The van der Waals surface area contributed by atoms with Gasteiger partial charge < -0.3 is 0 Å². The van der Waals surface area contributed by atoms with E-state index in [1.807, 2.05) is 0 Å². The third-order valence-electron chi connectivity index (χ3n) is 1.07. The molecule has 13 heavy (non-hydrogen) atoms. The van der Waals surface area contributed by atoms with Crippen molar-refractivity contribution in [2.45, 2.75) is 6.92 Å². The van der Waals surface area contributed by atoms with Gasteiger partial charge >= 0.3 is 35.5 Å². The Hall–Kier alpha value is -0.0300. The molecule has 0 saturated heterocycles. The minimum atomic E-state index is -0.474. The van der Waals surface area contributed by atoms with Crippen LogP contribution in [-0.4, -0.2) is 35.5 Å². The molecule has 1 aromatic rings. The fraction of sp³-hybridized carbons (Fsp3) is 0.125. The molecule has 0 aliphatic carbocycles. The van der Waals surface area contributed by atoms with Gasteiger partial charge in [0.25, 0.3) is 0 Å². The third kappa shape index (κ3) is 5.31. The summed E-state index contributed by atoms with van der Waals surface area (Å²) in [4.78, 5) is 19.3. The average Bonchev–Trinajstić information content (AvgIpc) is 2.03. The number of rotatable bonds is 2. The summed E-state index contributed by atoms with van der Waals surface area (Å²) < 4.78 is 0.942. The second kappa shape index (κ2) is 6.43. The number of carbonyl (C=O) groups excluding carboxylic acids is 1. The summed E-state index contributed by atoms with van der Waals surface area (Å²) in [6.45, 7) is 1.28. The summed E-state index contributed by atoms with van der Waals surface area (Å²) >= 11 is 3.26. The van der Waals surface area contributed by atoms with Gasteiger partial charge in [0.05, 0.1) is 0 Å². The first-order chi connectivity index (χ1) is 5.68. The molecule has 0 aliphatic heterocycles. The molecule has 1 aromatic carbocycles. The first-order valence-electron chi connectivity index (χ1n) is 3.29. The Kier molecular flexibility index (Phi) is 6.41. The first-order valence-corrected chi connectivity index (χ1v) is 4.08. The number of carbonyl (C=O) groups is 1. The first kappa shape index (κ1) is 13.0. The molecule has 0 amide bonds. The Balaban J connectivity index is 0.00000144. The zero-order valence-electron chi connectivity index (χ0n) is 6.41. The summed E-state index contributed by atoms with van der Waals surface area (Å²) in [5.41, 5.74) is 0. The van der Waals surface area contributed by atoms with Crippen LogP contribution < -0.4 is 4.89 Å². The van der Waals surface area contributed by atoms with Crippen LogP contribution in [0.3, 0.4) is 0 Å². The SMILES string of the molecule is CC(=O)OOc1ccc(Br)cc1.[NaH]. The molecule has 0 aromatic heterocycles. The summed E-state index contributed by atoms with van der Waals surface area (Å²) in [5.74, 6) is 0.0197. The molecule has 0 atom stereocenters. The molecule has 0 radical (unpaired) electrons. The van der Waals surface area contributed by atoms with Crippen molar-refractivity contribution in [2.24, 2.45) is 0 Å². The fourth-order valence-corrected chi connectivity index (χ4v) is 0.861. The van der Waals surface area contributed by atoms with Crippen molar-refractivity contribution in [3.05, 3.63) is 28.7 Å². The van der Waals surface area contributed by atoms with Gasteiger partial charge in [-0.1, -0.05) is 15.9 Å². The number of hydrogen-bond acceptors (Lipinski definition) is 3. The Morgan fingerprint density at radius 2 is 1.85 bits per heavy atom. The van der Waals surface area contributed by atoms with Crippen LogP contribution in [0.4, 0.5) is 0 Å². The van der Waals surface area contributed by atoms with Crippen LogP contribution in [0.15, 0.2) is 28.7 Å². The molecule has 3 nitrogen and oxygen atoms in total. The molecule has 0 unspecified atom stereocenters. The second-order valence-electron chi connectivity index (χ2n) is 2.11. The summed E-state index contributed by atoms with van der Waals surface area (Å²) in [6, 6.07) is 6.96. The van der Waals surface area contributed by atoms with Crippen molar-refractivity contribution in [3.63, 3.8) is 0 Å². The van der Waals surface area contributed by atoms with Crippen LogP contribution in [-0.2, 0) is 9.68 Å². The molecule has 0 saturated carbocycles. The van der Waals surface area contributed by atoms with Gasteiger partial charge in [-0.25, -0.2) is 4.79 Å². The van der Waals surface area contributed by atoms with E-state index in [1.165, 1.54) is 6.92 Å². The molecule has 0 N–H and O–H groups in total. The van der Waals surface area contributed by atoms with Crippen molar-refractivity contribution >= 4 is 51.5 Å². The van der Waals surface area contributed by atoms with Crippen molar-refractivity contribution in [2.75, 3.05) is 0 Å². The van der Waals surface area contributed by atoms with E-state index in [0.29, 0.717) is 5.75 Å². The van der Waals surface area contributed by atoms with Crippen LogP contribution in [0.1, 0.15) is 6.92 Å². The topological polar surface area (TPSA) is 35.5 Å². The second-order valence-corrected chi connectivity index (χ2v) is 3.03. The van der Waals surface area contributed by atoms with E-state index in [-0.39, 0.29) is 29.6 Å². The Bertz CT molecular complexity index is 273. The summed E-state index contributed by atoms with van der Waals surface area (Å²) in [5, 5.41) is 0. The van der Waals surface area contributed by atoms with Crippen LogP contribution in [0.5, 0.6) is 5.75 Å². The number of hydrogen-bond donors (Lipinski definition) is 0. The maximum absolute atomic E-state index is 10.3. The van der Waals surface area contributed by atoms with E-state index in [1.54, 1.807) is 24.3 Å². The maximum atomic E-state index is 10.3. The van der Waals surface area contributed by atoms with Crippen LogP contribution in [0.2, 0.25) is 0 Å². The van der Waals surface area contributed by atoms with Gasteiger partial charge in [-0.15, -0.1) is 0 Å². The fourth-order valence-electron chi connectivity index (χ4n) is 0.597. The van der Waals surface area contributed by atoms with Gasteiger partial charge in [-0.05, 0) is 24.3 Å². The van der Waals surface area contributed by atoms with Crippen molar-refractivity contribution in [1.82, 2.24) is 0 Å². The van der Waals surface area contributed by atoms with Crippen LogP contribution >= 0.6 is 15.9 Å². The molecule has 5 heteroatoms. The minimum absolute atomic E-state index is 0. The number of halogens is 1. The molecule has 0 heterocycles. The van der Waals surface area contributed by atoms with Crippen LogP contribution in [0.25, 0.3) is 0 Å². The molecule has 0 spiro atoms. The van der Waals surface area contributed by atoms with Gasteiger partial charge in [-0.3, -0.25) is 9.78 Å². The molecule has 0 bridgehead atoms. The normalized spacial score (nSPS) is 8.46. The van der Waals surface area contributed by atoms with Gasteiger partial charge in [0.15, 0.2) is 5.75 Å². The predicted molar refractivity (Wildman–Crippen MR) is 53.7 cm³/mol. The monoisotopic (exact) mass is 254 g/mol. The zero-order valence-corrected chi connectivity index (χ0v) is 8.00. The Morgan fingerprint density at radius 3 is 2.31 bits per heavy atom. The summed E-state index contributed by atoms with van der Waals surface area (Å²) in [6.07, 6.45) is 0. The van der Waals surface area contributed by atoms with E-state index in [4.69, 9.17) is 0 Å². The van der Waals surface area contributed by atoms with Gasteiger partial charge in [0.2, 0.25) is 0 Å². The van der Waals surface area contributed by atoms with Gasteiger partial charge in [0, 0.05) is 11.4 Å². The molecular formula is C8H8BrNaO3. The van der Waals surface area contributed by atoms with E-state index < -0.39 is 5.97 Å². The van der Waals surface area contributed by atoms with E-state index in [0.717, 1.165) is 4.47 Å². The van der Waals surface area contributed by atoms with Crippen molar-refractivity contribution < 1.29 is 14.6 Å².